The highest BCUT2D eigenvalue weighted by Gasteiger charge is 2.33. The molecule has 0 aromatic carbocycles. The van der Waals surface area contributed by atoms with Gasteiger partial charge in [0.15, 0.2) is 0 Å². The van der Waals surface area contributed by atoms with E-state index in [9.17, 15) is 0 Å². The first-order valence-electron chi connectivity index (χ1n) is 6.94. The maximum atomic E-state index is 5.36. The van der Waals surface area contributed by atoms with Gasteiger partial charge in [-0.25, -0.2) is 0 Å². The molecule has 0 aromatic heterocycles. The summed E-state index contributed by atoms with van der Waals surface area (Å²) < 4.78 is 5.36. The molecule has 0 bridgehead atoms. The molecule has 0 heterocycles. The van der Waals surface area contributed by atoms with Gasteiger partial charge < -0.3 is 10.1 Å². The van der Waals surface area contributed by atoms with Gasteiger partial charge in [0.05, 0.1) is 19.2 Å². The zero-order valence-corrected chi connectivity index (χ0v) is 11.6. The smallest absolute Gasteiger partial charge is 0.0866 e. The number of ether oxygens (including phenoxy) is 1. The predicted molar refractivity (Wildman–Crippen MR) is 68.5 cm³/mol. The molecule has 0 aliphatic heterocycles. The fraction of sp³-hybridized carbons (Fsp3) is 1.00. The quantitative estimate of drug-likeness (QED) is 0.693. The van der Waals surface area contributed by atoms with Gasteiger partial charge in [0.25, 0.3) is 0 Å². The second-order valence-electron chi connectivity index (χ2n) is 6.25. The molecule has 0 saturated heterocycles. The van der Waals surface area contributed by atoms with Crippen LogP contribution >= 0.6 is 0 Å². The van der Waals surface area contributed by atoms with Crippen molar-refractivity contribution < 1.29 is 10.1 Å². The van der Waals surface area contributed by atoms with Crippen molar-refractivity contribution in [1.29, 1.82) is 0 Å². The standard InChI is InChI=1S/C14H29NO/c1-5-16-8-6-7-15-13-9-12(2)10-14(3,4)11-13/h12-13,15H,5-11H2,1-4H3/p+1/t12-,13-/m1/s1. The summed E-state index contributed by atoms with van der Waals surface area (Å²) in [5, 5.41) is 2.55. The fourth-order valence-electron chi connectivity index (χ4n) is 3.28. The summed E-state index contributed by atoms with van der Waals surface area (Å²) in [6, 6.07) is 0.848. The normalized spacial score (nSPS) is 29.2. The van der Waals surface area contributed by atoms with E-state index in [2.05, 4.69) is 33.0 Å². The summed E-state index contributed by atoms with van der Waals surface area (Å²) >= 11 is 0. The lowest BCUT2D eigenvalue weighted by atomic mass is 9.70. The molecule has 0 unspecified atom stereocenters. The van der Waals surface area contributed by atoms with Crippen molar-refractivity contribution in [3.05, 3.63) is 0 Å². The van der Waals surface area contributed by atoms with Gasteiger partial charge in [-0.05, 0) is 24.7 Å². The molecular formula is C14H30NO+. The van der Waals surface area contributed by atoms with Gasteiger partial charge in [0.1, 0.15) is 0 Å². The van der Waals surface area contributed by atoms with Crippen LogP contribution < -0.4 is 5.32 Å². The van der Waals surface area contributed by atoms with Crippen molar-refractivity contribution in [3.8, 4) is 0 Å². The molecule has 2 heteroatoms. The van der Waals surface area contributed by atoms with Crippen LogP contribution in [0.3, 0.4) is 0 Å². The molecule has 1 rings (SSSR count). The first kappa shape index (κ1) is 14.0. The number of quaternary nitrogens is 1. The zero-order valence-electron chi connectivity index (χ0n) is 11.6. The maximum absolute atomic E-state index is 5.36. The van der Waals surface area contributed by atoms with E-state index in [1.807, 2.05) is 0 Å². The number of hydrogen-bond donors (Lipinski definition) is 1. The Labute approximate surface area is 101 Å². The van der Waals surface area contributed by atoms with Crippen LogP contribution in [-0.2, 0) is 4.74 Å². The zero-order chi connectivity index (χ0) is 12.0. The highest BCUT2D eigenvalue weighted by atomic mass is 16.5. The van der Waals surface area contributed by atoms with E-state index in [4.69, 9.17) is 4.74 Å². The van der Waals surface area contributed by atoms with Gasteiger partial charge in [-0.2, -0.15) is 0 Å². The molecular weight excluding hydrogens is 198 g/mol. The molecule has 96 valence electrons. The Hall–Kier alpha value is -0.0800. The summed E-state index contributed by atoms with van der Waals surface area (Å²) in [6.45, 7) is 12.3. The third kappa shape index (κ3) is 5.31. The Balaban J connectivity index is 2.16. The summed E-state index contributed by atoms with van der Waals surface area (Å²) in [7, 11) is 0. The van der Waals surface area contributed by atoms with E-state index in [-0.39, 0.29) is 0 Å². The molecule has 2 atom stereocenters. The van der Waals surface area contributed by atoms with Crippen molar-refractivity contribution >= 4 is 0 Å². The average molecular weight is 228 g/mol. The lowest BCUT2D eigenvalue weighted by molar-refractivity contribution is -0.695. The molecule has 1 aliphatic carbocycles. The summed E-state index contributed by atoms with van der Waals surface area (Å²) in [6.07, 6.45) is 5.37. The second-order valence-corrected chi connectivity index (χ2v) is 6.25. The molecule has 1 saturated carbocycles. The van der Waals surface area contributed by atoms with Gasteiger partial charge in [0.2, 0.25) is 0 Å². The lowest BCUT2D eigenvalue weighted by Gasteiger charge is -2.37. The summed E-state index contributed by atoms with van der Waals surface area (Å²) in [4.78, 5) is 0. The Morgan fingerprint density at radius 3 is 2.69 bits per heavy atom. The minimum atomic E-state index is 0.554. The van der Waals surface area contributed by atoms with Crippen LogP contribution in [0.15, 0.2) is 0 Å². The Kier molecular flexibility index (Phi) is 5.77. The molecule has 1 aliphatic rings. The minimum Gasteiger partial charge on any atom is -0.382 e. The van der Waals surface area contributed by atoms with E-state index in [1.165, 1.54) is 32.2 Å². The molecule has 16 heavy (non-hydrogen) atoms. The van der Waals surface area contributed by atoms with E-state index < -0.39 is 0 Å². The largest absolute Gasteiger partial charge is 0.382 e. The predicted octanol–water partition coefficient (Wildman–Crippen LogP) is 2.19. The van der Waals surface area contributed by atoms with Crippen LogP contribution in [0.1, 0.15) is 53.4 Å². The van der Waals surface area contributed by atoms with Crippen molar-refractivity contribution in [2.45, 2.75) is 59.4 Å². The first-order valence-corrected chi connectivity index (χ1v) is 6.94. The van der Waals surface area contributed by atoms with Crippen molar-refractivity contribution in [2.24, 2.45) is 11.3 Å². The molecule has 2 N–H and O–H groups in total. The van der Waals surface area contributed by atoms with Crippen LogP contribution in [0, 0.1) is 11.3 Å². The second kappa shape index (κ2) is 6.61. The molecule has 0 amide bonds. The van der Waals surface area contributed by atoms with Gasteiger partial charge in [-0.15, -0.1) is 0 Å². The van der Waals surface area contributed by atoms with Gasteiger partial charge in [-0.3, -0.25) is 0 Å². The minimum absolute atomic E-state index is 0.554. The number of rotatable bonds is 6. The van der Waals surface area contributed by atoms with E-state index in [0.717, 1.165) is 25.2 Å². The summed E-state index contributed by atoms with van der Waals surface area (Å²) in [5.74, 6) is 0.900. The summed E-state index contributed by atoms with van der Waals surface area (Å²) in [5.41, 5.74) is 0.554. The third-order valence-corrected chi connectivity index (χ3v) is 3.62. The fourth-order valence-corrected chi connectivity index (χ4v) is 3.28. The van der Waals surface area contributed by atoms with Crippen molar-refractivity contribution in [2.75, 3.05) is 19.8 Å². The molecule has 0 aromatic rings. The first-order chi connectivity index (χ1) is 7.53. The van der Waals surface area contributed by atoms with Crippen LogP contribution in [0.4, 0.5) is 0 Å². The van der Waals surface area contributed by atoms with Crippen molar-refractivity contribution in [1.82, 2.24) is 0 Å². The van der Waals surface area contributed by atoms with Crippen LogP contribution in [0.2, 0.25) is 0 Å². The van der Waals surface area contributed by atoms with Gasteiger partial charge in [0, 0.05) is 25.9 Å². The van der Waals surface area contributed by atoms with Crippen LogP contribution in [0.5, 0.6) is 0 Å². The molecule has 0 spiro atoms. The van der Waals surface area contributed by atoms with Gasteiger partial charge >= 0.3 is 0 Å². The Bertz CT molecular complexity index is 191. The molecule has 0 radical (unpaired) electrons. The monoisotopic (exact) mass is 228 g/mol. The maximum Gasteiger partial charge on any atom is 0.0866 e. The van der Waals surface area contributed by atoms with E-state index in [0.29, 0.717) is 5.41 Å². The lowest BCUT2D eigenvalue weighted by Crippen LogP contribution is -2.91. The topological polar surface area (TPSA) is 25.8 Å². The SMILES string of the molecule is CCOCCC[NH2+][C@@H]1C[C@@H](C)CC(C)(C)C1. The number of nitrogens with two attached hydrogens (primary N) is 1. The number of hydrogen-bond acceptors (Lipinski definition) is 1. The molecule has 2 nitrogen and oxygen atoms in total. The Morgan fingerprint density at radius 2 is 2.06 bits per heavy atom. The highest BCUT2D eigenvalue weighted by molar-refractivity contribution is 4.82. The van der Waals surface area contributed by atoms with E-state index >= 15 is 0 Å². The third-order valence-electron chi connectivity index (χ3n) is 3.62. The average Bonchev–Trinajstić information content (AvgIpc) is 2.14. The highest BCUT2D eigenvalue weighted by Crippen LogP contribution is 2.37. The van der Waals surface area contributed by atoms with Gasteiger partial charge in [-0.1, -0.05) is 20.8 Å². The Morgan fingerprint density at radius 1 is 1.31 bits per heavy atom. The van der Waals surface area contributed by atoms with E-state index in [1.54, 1.807) is 0 Å². The van der Waals surface area contributed by atoms with Crippen LogP contribution in [-0.4, -0.2) is 25.8 Å². The van der Waals surface area contributed by atoms with Crippen molar-refractivity contribution in [3.63, 3.8) is 0 Å². The van der Waals surface area contributed by atoms with Crippen LogP contribution in [0.25, 0.3) is 0 Å². The molecule has 1 fully saturated rings.